The Morgan fingerprint density at radius 2 is 2.16 bits per heavy atom. The largest absolute Gasteiger partial charge is 0.497 e. The van der Waals surface area contributed by atoms with Crippen LogP contribution < -0.4 is 0 Å². The number of carbonyl (C=O) groups excluding carboxylic acids is 1. The Hall–Kier alpha value is -1.95. The average Bonchev–Trinajstić information content (AvgIpc) is 2.82. The summed E-state index contributed by atoms with van der Waals surface area (Å²) in [4.78, 5) is 12.2. The van der Waals surface area contributed by atoms with Gasteiger partial charge in [0.05, 0.1) is 13.7 Å². The molecule has 0 bridgehead atoms. The molecule has 0 radical (unpaired) electrons. The molecule has 0 aliphatic heterocycles. The SMILES string of the molecule is C=C(/C=C\C(Cn1nnc(C(=O)Cl)n1)=C(C)C)OC. The number of allylic oxidation sites excluding steroid dienone is 4. The highest BCUT2D eigenvalue weighted by Gasteiger charge is 2.10. The molecule has 0 fully saturated rings. The molecular formula is C12H15ClN4O2. The second-order valence-corrected chi connectivity index (χ2v) is 4.29. The van der Waals surface area contributed by atoms with Crippen LogP contribution in [0.1, 0.15) is 24.5 Å². The third-order valence-electron chi connectivity index (χ3n) is 2.32. The van der Waals surface area contributed by atoms with Gasteiger partial charge in [0.1, 0.15) is 5.76 Å². The number of hydrogen-bond acceptors (Lipinski definition) is 5. The maximum absolute atomic E-state index is 10.9. The molecule has 0 saturated heterocycles. The van der Waals surface area contributed by atoms with Gasteiger partial charge in [-0.3, -0.25) is 4.79 Å². The predicted octanol–water partition coefficient (Wildman–Crippen LogP) is 2.10. The van der Waals surface area contributed by atoms with Gasteiger partial charge in [0, 0.05) is 0 Å². The minimum atomic E-state index is -0.728. The van der Waals surface area contributed by atoms with E-state index in [0.29, 0.717) is 12.3 Å². The molecule has 7 heteroatoms. The first-order valence-electron chi connectivity index (χ1n) is 5.49. The first-order chi connectivity index (χ1) is 8.93. The van der Waals surface area contributed by atoms with Crippen molar-refractivity contribution in [2.45, 2.75) is 20.4 Å². The molecule has 0 saturated carbocycles. The van der Waals surface area contributed by atoms with E-state index in [2.05, 4.69) is 22.0 Å². The smallest absolute Gasteiger partial charge is 0.293 e. The van der Waals surface area contributed by atoms with E-state index in [0.717, 1.165) is 11.1 Å². The summed E-state index contributed by atoms with van der Waals surface area (Å²) in [7, 11) is 1.55. The van der Waals surface area contributed by atoms with Crippen LogP contribution in [0.5, 0.6) is 0 Å². The second kappa shape index (κ2) is 6.84. The third-order valence-corrected chi connectivity index (χ3v) is 2.48. The number of hydrogen-bond donors (Lipinski definition) is 0. The van der Waals surface area contributed by atoms with Crippen molar-refractivity contribution in [1.29, 1.82) is 0 Å². The lowest BCUT2D eigenvalue weighted by Crippen LogP contribution is -2.06. The number of nitrogens with zero attached hydrogens (tertiary/aromatic N) is 4. The highest BCUT2D eigenvalue weighted by atomic mass is 35.5. The molecule has 1 heterocycles. The molecule has 0 N–H and O–H groups in total. The summed E-state index contributed by atoms with van der Waals surface area (Å²) in [6.07, 6.45) is 3.60. The summed E-state index contributed by atoms with van der Waals surface area (Å²) < 4.78 is 4.95. The van der Waals surface area contributed by atoms with Gasteiger partial charge in [-0.1, -0.05) is 18.2 Å². The minimum Gasteiger partial charge on any atom is -0.497 e. The zero-order valence-electron chi connectivity index (χ0n) is 11.1. The summed E-state index contributed by atoms with van der Waals surface area (Å²) in [6.45, 7) is 7.99. The lowest BCUT2D eigenvalue weighted by atomic mass is 10.1. The Morgan fingerprint density at radius 3 is 2.63 bits per heavy atom. The molecule has 1 aromatic rings. The van der Waals surface area contributed by atoms with E-state index < -0.39 is 5.24 Å². The lowest BCUT2D eigenvalue weighted by molar-refractivity contribution is 0.107. The number of carbonyl (C=O) groups is 1. The molecule has 0 aromatic carbocycles. The molecule has 0 atom stereocenters. The topological polar surface area (TPSA) is 69.9 Å². The van der Waals surface area contributed by atoms with Crippen LogP contribution >= 0.6 is 11.6 Å². The van der Waals surface area contributed by atoms with Crippen LogP contribution in [-0.2, 0) is 11.3 Å². The average molecular weight is 283 g/mol. The third kappa shape index (κ3) is 4.67. The van der Waals surface area contributed by atoms with E-state index >= 15 is 0 Å². The van der Waals surface area contributed by atoms with E-state index in [-0.39, 0.29) is 5.82 Å². The Labute approximate surface area is 116 Å². The van der Waals surface area contributed by atoms with Crippen LogP contribution in [0, 0.1) is 0 Å². The first kappa shape index (κ1) is 15.1. The Balaban J connectivity index is 2.85. The molecule has 1 aromatic heterocycles. The van der Waals surface area contributed by atoms with Gasteiger partial charge in [-0.15, -0.1) is 10.2 Å². The Kier molecular flexibility index (Phi) is 5.44. The molecule has 102 valence electrons. The van der Waals surface area contributed by atoms with E-state index in [1.165, 1.54) is 4.80 Å². The number of tetrazole rings is 1. The molecular weight excluding hydrogens is 268 g/mol. The van der Waals surface area contributed by atoms with Crippen LogP contribution in [-0.4, -0.2) is 32.6 Å². The van der Waals surface area contributed by atoms with Gasteiger partial charge in [-0.25, -0.2) is 0 Å². The monoisotopic (exact) mass is 282 g/mol. The van der Waals surface area contributed by atoms with Crippen molar-refractivity contribution in [3.8, 4) is 0 Å². The summed E-state index contributed by atoms with van der Waals surface area (Å²) in [5, 5.41) is 10.4. The van der Waals surface area contributed by atoms with Crippen molar-refractivity contribution in [3.63, 3.8) is 0 Å². The number of ether oxygens (including phenoxy) is 1. The van der Waals surface area contributed by atoms with Gasteiger partial charge in [-0.05, 0) is 42.3 Å². The predicted molar refractivity (Wildman–Crippen MR) is 71.7 cm³/mol. The van der Waals surface area contributed by atoms with Crippen LogP contribution in [0.3, 0.4) is 0 Å². The molecule has 6 nitrogen and oxygen atoms in total. The summed E-state index contributed by atoms with van der Waals surface area (Å²) in [5.41, 5.74) is 2.04. The van der Waals surface area contributed by atoms with Gasteiger partial charge < -0.3 is 4.74 Å². The van der Waals surface area contributed by atoms with Gasteiger partial charge in [0.25, 0.3) is 11.1 Å². The van der Waals surface area contributed by atoms with E-state index in [9.17, 15) is 4.79 Å². The highest BCUT2D eigenvalue weighted by Crippen LogP contribution is 2.09. The quantitative estimate of drug-likeness (QED) is 0.454. The first-order valence-corrected chi connectivity index (χ1v) is 5.86. The van der Waals surface area contributed by atoms with Crippen molar-refractivity contribution in [2.75, 3.05) is 7.11 Å². The molecule has 1 rings (SSSR count). The molecule has 0 aliphatic carbocycles. The van der Waals surface area contributed by atoms with E-state index in [1.807, 2.05) is 19.9 Å². The fourth-order valence-electron chi connectivity index (χ4n) is 1.18. The van der Waals surface area contributed by atoms with Crippen molar-refractivity contribution >= 4 is 16.8 Å². The standard InChI is InChI=1S/C12H15ClN4O2/c1-8(2)10(6-5-9(3)19-4)7-17-15-12(11(13)18)14-16-17/h5-6H,3,7H2,1-2,4H3/b6-5-. The molecule has 19 heavy (non-hydrogen) atoms. The fourth-order valence-corrected chi connectivity index (χ4v) is 1.26. The maximum Gasteiger partial charge on any atom is 0.293 e. The fraction of sp³-hybridized carbons (Fsp3) is 0.333. The lowest BCUT2D eigenvalue weighted by Gasteiger charge is -2.04. The highest BCUT2D eigenvalue weighted by molar-refractivity contribution is 6.67. The summed E-state index contributed by atoms with van der Waals surface area (Å²) in [6, 6.07) is 0. The van der Waals surface area contributed by atoms with E-state index in [4.69, 9.17) is 16.3 Å². The van der Waals surface area contributed by atoms with Gasteiger partial charge >= 0.3 is 0 Å². The Bertz CT molecular complexity index is 542. The van der Waals surface area contributed by atoms with Crippen molar-refractivity contribution in [3.05, 3.63) is 41.5 Å². The normalized spacial score (nSPS) is 10.5. The van der Waals surface area contributed by atoms with Crippen LogP contribution in [0.2, 0.25) is 0 Å². The van der Waals surface area contributed by atoms with Gasteiger partial charge in [0.2, 0.25) is 0 Å². The van der Waals surface area contributed by atoms with Crippen LogP contribution in [0.4, 0.5) is 0 Å². The van der Waals surface area contributed by atoms with Crippen molar-refractivity contribution < 1.29 is 9.53 Å². The number of aromatic nitrogens is 4. The number of methoxy groups -OCH3 is 1. The number of halogens is 1. The van der Waals surface area contributed by atoms with Crippen LogP contribution in [0.15, 0.2) is 35.6 Å². The van der Waals surface area contributed by atoms with Crippen molar-refractivity contribution in [1.82, 2.24) is 20.2 Å². The minimum absolute atomic E-state index is 0.111. The second-order valence-electron chi connectivity index (χ2n) is 3.95. The zero-order chi connectivity index (χ0) is 14.4. The molecule has 0 spiro atoms. The summed E-state index contributed by atoms with van der Waals surface area (Å²) in [5.74, 6) is 0.432. The van der Waals surface area contributed by atoms with Gasteiger partial charge in [-0.2, -0.15) is 4.80 Å². The summed E-state index contributed by atoms with van der Waals surface area (Å²) >= 11 is 5.27. The Morgan fingerprint density at radius 1 is 1.47 bits per heavy atom. The zero-order valence-corrected chi connectivity index (χ0v) is 11.8. The van der Waals surface area contributed by atoms with Gasteiger partial charge in [0.15, 0.2) is 0 Å². The molecule has 0 unspecified atom stereocenters. The van der Waals surface area contributed by atoms with Crippen molar-refractivity contribution in [2.24, 2.45) is 0 Å². The van der Waals surface area contributed by atoms with E-state index in [1.54, 1.807) is 13.2 Å². The molecule has 0 aliphatic rings. The van der Waals surface area contributed by atoms with Crippen LogP contribution in [0.25, 0.3) is 0 Å². The molecule has 0 amide bonds. The maximum atomic E-state index is 10.9. The number of rotatable bonds is 6.